The van der Waals surface area contributed by atoms with E-state index in [4.69, 9.17) is 14.2 Å². The first kappa shape index (κ1) is 62.6. The third-order valence-electron chi connectivity index (χ3n) is 11.6. The summed E-state index contributed by atoms with van der Waals surface area (Å²) in [6.45, 7) is 6.47. The lowest BCUT2D eigenvalue weighted by atomic mass is 10.1. The predicted molar refractivity (Wildman–Crippen MR) is 284 cm³/mol. The molecule has 6 heteroatoms. The lowest BCUT2D eigenvalue weighted by molar-refractivity contribution is -0.167. The Kier molecular flexibility index (Phi) is 51.4. The van der Waals surface area contributed by atoms with Crippen molar-refractivity contribution in [3.05, 3.63) is 85.1 Å². The topological polar surface area (TPSA) is 78.9 Å². The zero-order chi connectivity index (χ0) is 47.9. The van der Waals surface area contributed by atoms with Crippen LogP contribution in [-0.4, -0.2) is 37.2 Å². The molecular weight excluding hydrogens is 817 g/mol. The lowest BCUT2D eigenvalue weighted by Crippen LogP contribution is -2.30. The number of unbranched alkanes of at least 4 members (excludes halogenated alkanes) is 24. The van der Waals surface area contributed by atoms with Crippen LogP contribution in [0.4, 0.5) is 0 Å². The number of esters is 3. The Morgan fingerprint density at radius 3 is 0.970 bits per heavy atom. The second kappa shape index (κ2) is 54.2. The summed E-state index contributed by atoms with van der Waals surface area (Å²) in [6.07, 6.45) is 69.9. The van der Waals surface area contributed by atoms with Crippen LogP contribution in [0.25, 0.3) is 0 Å². The molecule has 0 radical (unpaired) electrons. The number of hydrogen-bond acceptors (Lipinski definition) is 6. The summed E-state index contributed by atoms with van der Waals surface area (Å²) in [5, 5.41) is 0. The largest absolute Gasteiger partial charge is 0.462 e. The van der Waals surface area contributed by atoms with Crippen LogP contribution in [0.5, 0.6) is 0 Å². The molecule has 378 valence electrons. The minimum atomic E-state index is -0.798. The molecule has 0 fully saturated rings. The number of allylic oxidation sites excluding steroid dienone is 14. The second-order valence-electron chi connectivity index (χ2n) is 18.1. The summed E-state index contributed by atoms with van der Waals surface area (Å²) in [5.74, 6) is -0.942. The molecule has 0 bridgehead atoms. The zero-order valence-electron chi connectivity index (χ0n) is 43.2. The molecule has 0 amide bonds. The van der Waals surface area contributed by atoms with Crippen LogP contribution in [0.1, 0.15) is 258 Å². The molecule has 0 N–H and O–H groups in total. The van der Waals surface area contributed by atoms with E-state index in [2.05, 4.69) is 106 Å². The Balaban J connectivity index is 4.46. The van der Waals surface area contributed by atoms with E-state index in [1.54, 1.807) is 0 Å². The Hall–Kier alpha value is -3.41. The van der Waals surface area contributed by atoms with Gasteiger partial charge in [0.1, 0.15) is 13.2 Å². The Morgan fingerprint density at radius 2 is 0.591 bits per heavy atom. The highest BCUT2D eigenvalue weighted by atomic mass is 16.6. The van der Waals surface area contributed by atoms with Gasteiger partial charge in [0.25, 0.3) is 0 Å². The highest BCUT2D eigenvalue weighted by Crippen LogP contribution is 2.14. The van der Waals surface area contributed by atoms with Gasteiger partial charge in [0, 0.05) is 19.3 Å². The van der Waals surface area contributed by atoms with Crippen molar-refractivity contribution in [1.82, 2.24) is 0 Å². The van der Waals surface area contributed by atoms with Crippen molar-refractivity contribution in [3.8, 4) is 0 Å². The van der Waals surface area contributed by atoms with E-state index in [1.807, 2.05) is 0 Å². The van der Waals surface area contributed by atoms with Crippen molar-refractivity contribution >= 4 is 17.9 Å². The van der Waals surface area contributed by atoms with Crippen molar-refractivity contribution in [3.63, 3.8) is 0 Å². The van der Waals surface area contributed by atoms with E-state index in [-0.39, 0.29) is 31.1 Å². The number of carbonyl (C=O) groups is 3. The van der Waals surface area contributed by atoms with E-state index >= 15 is 0 Å². The maximum Gasteiger partial charge on any atom is 0.306 e. The molecule has 0 saturated carbocycles. The molecule has 0 saturated heterocycles. The number of carbonyl (C=O) groups excluding carboxylic acids is 3. The number of hydrogen-bond donors (Lipinski definition) is 0. The average Bonchev–Trinajstić information content (AvgIpc) is 3.31. The minimum Gasteiger partial charge on any atom is -0.462 e. The Bertz CT molecular complexity index is 1290. The van der Waals surface area contributed by atoms with Gasteiger partial charge in [-0.2, -0.15) is 0 Å². The third-order valence-corrected chi connectivity index (χ3v) is 11.6. The normalized spacial score (nSPS) is 12.7. The molecule has 0 spiro atoms. The molecule has 0 aliphatic rings. The van der Waals surface area contributed by atoms with Gasteiger partial charge in [-0.15, -0.1) is 0 Å². The second-order valence-corrected chi connectivity index (χ2v) is 18.1. The fourth-order valence-electron chi connectivity index (χ4n) is 7.46. The first-order chi connectivity index (χ1) is 32.5. The maximum absolute atomic E-state index is 12.8. The van der Waals surface area contributed by atoms with E-state index < -0.39 is 6.10 Å². The van der Waals surface area contributed by atoms with Gasteiger partial charge in [0.15, 0.2) is 6.10 Å². The summed E-state index contributed by atoms with van der Waals surface area (Å²) in [6, 6.07) is 0. The van der Waals surface area contributed by atoms with Crippen LogP contribution >= 0.6 is 0 Å². The van der Waals surface area contributed by atoms with Crippen LogP contribution in [0.2, 0.25) is 0 Å². The quantitative estimate of drug-likeness (QED) is 0.0262. The summed E-state index contributed by atoms with van der Waals surface area (Å²) in [5.41, 5.74) is 0. The van der Waals surface area contributed by atoms with Crippen molar-refractivity contribution in [2.45, 2.75) is 264 Å². The van der Waals surface area contributed by atoms with Gasteiger partial charge >= 0.3 is 17.9 Å². The van der Waals surface area contributed by atoms with Gasteiger partial charge < -0.3 is 14.2 Å². The third kappa shape index (κ3) is 51.6. The monoisotopic (exact) mass is 919 g/mol. The SMILES string of the molecule is CC/C=C\C/C=C\C/C=C\C/C=C\C/C=C\CCCCCC(=O)OC[C@@H](COC(=O)CCCCCCC/C=C\CCCCCC)OC(=O)CCCCCCC/C=C\CCCCCCCCC. The minimum absolute atomic E-state index is 0.0949. The van der Waals surface area contributed by atoms with Gasteiger partial charge in [0.05, 0.1) is 0 Å². The van der Waals surface area contributed by atoms with Gasteiger partial charge in [-0.1, -0.05) is 209 Å². The molecule has 66 heavy (non-hydrogen) atoms. The van der Waals surface area contributed by atoms with Crippen LogP contribution in [0.3, 0.4) is 0 Å². The van der Waals surface area contributed by atoms with Crippen LogP contribution < -0.4 is 0 Å². The summed E-state index contributed by atoms with van der Waals surface area (Å²) in [7, 11) is 0. The van der Waals surface area contributed by atoms with Gasteiger partial charge in [-0.25, -0.2) is 0 Å². The van der Waals surface area contributed by atoms with E-state index in [9.17, 15) is 14.4 Å². The first-order valence-corrected chi connectivity index (χ1v) is 27.6. The molecule has 0 aliphatic heterocycles. The van der Waals surface area contributed by atoms with Gasteiger partial charge in [-0.05, 0) is 116 Å². The Morgan fingerprint density at radius 1 is 0.318 bits per heavy atom. The molecule has 1 atom stereocenters. The van der Waals surface area contributed by atoms with Crippen LogP contribution in [-0.2, 0) is 28.6 Å². The smallest absolute Gasteiger partial charge is 0.306 e. The summed E-state index contributed by atoms with van der Waals surface area (Å²) < 4.78 is 16.8. The molecule has 0 rings (SSSR count). The van der Waals surface area contributed by atoms with Crippen LogP contribution in [0, 0.1) is 0 Å². The number of rotatable bonds is 49. The lowest BCUT2D eigenvalue weighted by Gasteiger charge is -2.18. The molecule has 0 aromatic heterocycles. The summed E-state index contributed by atoms with van der Waals surface area (Å²) in [4.78, 5) is 38.1. The molecule has 6 nitrogen and oxygen atoms in total. The number of ether oxygens (including phenoxy) is 3. The molecule has 0 aliphatic carbocycles. The van der Waals surface area contributed by atoms with Crippen molar-refractivity contribution < 1.29 is 28.6 Å². The van der Waals surface area contributed by atoms with E-state index in [1.165, 1.54) is 103 Å². The maximum atomic E-state index is 12.8. The molecule has 0 unspecified atom stereocenters. The average molecular weight is 919 g/mol. The highest BCUT2D eigenvalue weighted by Gasteiger charge is 2.19. The molecule has 0 aromatic rings. The van der Waals surface area contributed by atoms with Crippen molar-refractivity contribution in [2.24, 2.45) is 0 Å². The van der Waals surface area contributed by atoms with E-state index in [0.29, 0.717) is 19.3 Å². The molecular formula is C60H102O6. The van der Waals surface area contributed by atoms with Crippen molar-refractivity contribution in [1.29, 1.82) is 0 Å². The standard InChI is InChI=1S/C60H102O6/c1-4-7-10-13-16-19-22-25-27-29-30-31-33-35-38-41-44-47-50-53-59(62)65-56-57(55-64-58(61)52-49-46-43-40-37-34-24-21-18-15-12-9-6-3)66-60(63)54-51-48-45-42-39-36-32-28-26-23-20-17-14-11-8-5-2/h7,10,16,19,21,24-25,27-28,30-32,35,38,57H,4-6,8-9,11-15,17-18,20,22-23,26,29,33-34,36-37,39-56H2,1-3H3/b10-7-,19-16-,24-21-,27-25-,31-30-,32-28-,38-35-/t57-/m1/s1. The highest BCUT2D eigenvalue weighted by molar-refractivity contribution is 5.71. The molecule has 0 aromatic carbocycles. The van der Waals surface area contributed by atoms with Crippen molar-refractivity contribution in [2.75, 3.05) is 13.2 Å². The Labute approximate surface area is 407 Å². The summed E-state index contributed by atoms with van der Waals surface area (Å²) >= 11 is 0. The zero-order valence-corrected chi connectivity index (χ0v) is 43.2. The molecule has 0 heterocycles. The fourth-order valence-corrected chi connectivity index (χ4v) is 7.46. The van der Waals surface area contributed by atoms with E-state index in [0.717, 1.165) is 116 Å². The van der Waals surface area contributed by atoms with Crippen LogP contribution in [0.15, 0.2) is 85.1 Å². The van der Waals surface area contributed by atoms with Gasteiger partial charge in [-0.3, -0.25) is 14.4 Å². The fraction of sp³-hybridized carbons (Fsp3) is 0.717. The predicted octanol–water partition coefficient (Wildman–Crippen LogP) is 18.4. The van der Waals surface area contributed by atoms with Gasteiger partial charge in [0.2, 0.25) is 0 Å². The first-order valence-electron chi connectivity index (χ1n) is 27.6.